The Kier molecular flexibility index (Phi) is 5.95. The van der Waals surface area contributed by atoms with Crippen molar-refractivity contribution < 1.29 is 0 Å². The lowest BCUT2D eigenvalue weighted by molar-refractivity contribution is 0.434. The molecule has 1 N–H and O–H groups in total. The molecule has 0 fully saturated rings. The third kappa shape index (κ3) is 5.27. The van der Waals surface area contributed by atoms with Crippen LogP contribution in [0.5, 0.6) is 0 Å². The molecule has 0 amide bonds. The normalized spacial score (nSPS) is 11.3. The van der Waals surface area contributed by atoms with Gasteiger partial charge in [-0.1, -0.05) is 29.3 Å². The zero-order valence-corrected chi connectivity index (χ0v) is 12.3. The standard InChI is InChI=1S/C14H18Cl2N2/c1-14(2,10-17)6-8-18-7-5-11-3-4-12(15)9-13(11)16/h3-4,9,18H,5-8H2,1-2H3. The first-order valence-corrected chi connectivity index (χ1v) is 6.76. The van der Waals surface area contributed by atoms with Gasteiger partial charge in [0.1, 0.15) is 0 Å². The molecule has 1 aromatic rings. The van der Waals surface area contributed by atoms with Crippen molar-refractivity contribution in [2.75, 3.05) is 13.1 Å². The van der Waals surface area contributed by atoms with Gasteiger partial charge >= 0.3 is 0 Å². The van der Waals surface area contributed by atoms with Crippen molar-refractivity contribution in [2.45, 2.75) is 26.7 Å². The van der Waals surface area contributed by atoms with E-state index < -0.39 is 0 Å². The quantitative estimate of drug-likeness (QED) is 0.800. The van der Waals surface area contributed by atoms with E-state index in [4.69, 9.17) is 28.5 Å². The summed E-state index contributed by atoms with van der Waals surface area (Å²) in [6.07, 6.45) is 1.71. The van der Waals surface area contributed by atoms with Crippen molar-refractivity contribution >= 4 is 23.2 Å². The number of halogens is 2. The summed E-state index contributed by atoms with van der Waals surface area (Å²) >= 11 is 11.9. The summed E-state index contributed by atoms with van der Waals surface area (Å²) < 4.78 is 0. The lowest BCUT2D eigenvalue weighted by atomic mass is 9.91. The number of nitrogens with one attached hydrogen (secondary N) is 1. The van der Waals surface area contributed by atoms with Gasteiger partial charge in [-0.05, 0) is 57.5 Å². The lowest BCUT2D eigenvalue weighted by Gasteiger charge is -2.15. The minimum absolute atomic E-state index is 0.259. The van der Waals surface area contributed by atoms with Gasteiger partial charge in [0, 0.05) is 10.0 Å². The van der Waals surface area contributed by atoms with E-state index in [1.165, 1.54) is 0 Å². The van der Waals surface area contributed by atoms with Gasteiger partial charge in [-0.3, -0.25) is 0 Å². The van der Waals surface area contributed by atoms with Gasteiger partial charge in [-0.15, -0.1) is 0 Å². The van der Waals surface area contributed by atoms with Gasteiger partial charge in [-0.25, -0.2) is 0 Å². The molecule has 0 unspecified atom stereocenters. The van der Waals surface area contributed by atoms with Crippen LogP contribution in [-0.2, 0) is 6.42 Å². The Labute approximate surface area is 119 Å². The molecule has 0 aliphatic carbocycles. The van der Waals surface area contributed by atoms with Gasteiger partial charge in [0.05, 0.1) is 11.5 Å². The van der Waals surface area contributed by atoms with Crippen LogP contribution in [0.25, 0.3) is 0 Å². The Morgan fingerprint density at radius 3 is 2.61 bits per heavy atom. The zero-order chi connectivity index (χ0) is 13.6. The zero-order valence-electron chi connectivity index (χ0n) is 10.8. The van der Waals surface area contributed by atoms with Crippen molar-refractivity contribution in [2.24, 2.45) is 5.41 Å². The molecule has 2 nitrogen and oxygen atoms in total. The number of rotatable bonds is 6. The average Bonchev–Trinajstić information content (AvgIpc) is 2.31. The molecule has 0 radical (unpaired) electrons. The molecule has 18 heavy (non-hydrogen) atoms. The van der Waals surface area contributed by atoms with E-state index in [1.54, 1.807) is 6.07 Å². The van der Waals surface area contributed by atoms with Crippen LogP contribution in [0.2, 0.25) is 10.0 Å². The fourth-order valence-electron chi connectivity index (χ4n) is 1.53. The largest absolute Gasteiger partial charge is 0.316 e. The molecular weight excluding hydrogens is 267 g/mol. The maximum atomic E-state index is 8.88. The monoisotopic (exact) mass is 284 g/mol. The fourth-order valence-corrected chi connectivity index (χ4v) is 2.03. The second-order valence-corrected chi connectivity index (χ2v) is 5.83. The first-order chi connectivity index (χ1) is 8.44. The highest BCUT2D eigenvalue weighted by atomic mass is 35.5. The van der Waals surface area contributed by atoms with Gasteiger partial charge < -0.3 is 5.32 Å². The first kappa shape index (κ1) is 15.3. The Bertz CT molecular complexity index is 436. The van der Waals surface area contributed by atoms with Crippen LogP contribution < -0.4 is 5.32 Å². The van der Waals surface area contributed by atoms with E-state index >= 15 is 0 Å². The van der Waals surface area contributed by atoms with Crippen molar-refractivity contribution in [3.05, 3.63) is 33.8 Å². The summed E-state index contributed by atoms with van der Waals surface area (Å²) in [5.41, 5.74) is 0.832. The van der Waals surface area contributed by atoms with Crippen molar-refractivity contribution in [3.8, 4) is 6.07 Å². The van der Waals surface area contributed by atoms with E-state index in [0.717, 1.165) is 31.5 Å². The maximum absolute atomic E-state index is 8.88. The average molecular weight is 285 g/mol. The molecule has 0 spiro atoms. The summed E-state index contributed by atoms with van der Waals surface area (Å²) in [5, 5.41) is 13.6. The highest BCUT2D eigenvalue weighted by molar-refractivity contribution is 6.35. The molecule has 0 aliphatic rings. The van der Waals surface area contributed by atoms with Crippen LogP contribution in [0.1, 0.15) is 25.8 Å². The first-order valence-electron chi connectivity index (χ1n) is 6.00. The Morgan fingerprint density at radius 1 is 1.28 bits per heavy atom. The van der Waals surface area contributed by atoms with Crippen LogP contribution in [0.3, 0.4) is 0 Å². The molecule has 0 saturated carbocycles. The number of hydrogen-bond donors (Lipinski definition) is 1. The van der Waals surface area contributed by atoms with Crippen LogP contribution in [0, 0.1) is 16.7 Å². The van der Waals surface area contributed by atoms with Crippen molar-refractivity contribution in [1.82, 2.24) is 5.32 Å². The van der Waals surface area contributed by atoms with E-state index in [0.29, 0.717) is 10.0 Å². The van der Waals surface area contributed by atoms with E-state index in [1.807, 2.05) is 26.0 Å². The van der Waals surface area contributed by atoms with Gasteiger partial charge in [0.15, 0.2) is 0 Å². The van der Waals surface area contributed by atoms with E-state index in [9.17, 15) is 0 Å². The number of nitriles is 1. The predicted octanol–water partition coefficient (Wildman–Crippen LogP) is 4.07. The molecule has 1 aromatic carbocycles. The minimum atomic E-state index is -0.259. The molecule has 0 aromatic heterocycles. The van der Waals surface area contributed by atoms with Crippen molar-refractivity contribution in [3.63, 3.8) is 0 Å². The third-order valence-electron chi connectivity index (χ3n) is 2.82. The fraction of sp³-hybridized carbons (Fsp3) is 0.500. The highest BCUT2D eigenvalue weighted by Crippen LogP contribution is 2.21. The van der Waals surface area contributed by atoms with Crippen LogP contribution in [-0.4, -0.2) is 13.1 Å². The summed E-state index contributed by atoms with van der Waals surface area (Å²) in [5.74, 6) is 0. The highest BCUT2D eigenvalue weighted by Gasteiger charge is 2.15. The molecule has 0 aliphatic heterocycles. The van der Waals surface area contributed by atoms with Crippen LogP contribution >= 0.6 is 23.2 Å². The van der Waals surface area contributed by atoms with Gasteiger partial charge in [0.2, 0.25) is 0 Å². The SMILES string of the molecule is CC(C)(C#N)CCNCCc1ccc(Cl)cc1Cl. The second-order valence-electron chi connectivity index (χ2n) is 4.98. The molecule has 4 heteroatoms. The summed E-state index contributed by atoms with van der Waals surface area (Å²) in [4.78, 5) is 0. The number of nitrogens with zero attached hydrogens (tertiary/aromatic N) is 1. The molecule has 1 rings (SSSR count). The van der Waals surface area contributed by atoms with Gasteiger partial charge in [0.25, 0.3) is 0 Å². The second kappa shape index (κ2) is 6.99. The van der Waals surface area contributed by atoms with Crippen molar-refractivity contribution in [1.29, 1.82) is 5.26 Å². The smallest absolute Gasteiger partial charge is 0.0684 e. The summed E-state index contributed by atoms with van der Waals surface area (Å²) in [6.45, 7) is 5.59. The molecule has 98 valence electrons. The molecule has 0 saturated heterocycles. The topological polar surface area (TPSA) is 35.8 Å². The number of benzene rings is 1. The Balaban J connectivity index is 2.29. The van der Waals surface area contributed by atoms with Crippen LogP contribution in [0.15, 0.2) is 18.2 Å². The van der Waals surface area contributed by atoms with Crippen LogP contribution in [0.4, 0.5) is 0 Å². The Morgan fingerprint density at radius 2 is 2.00 bits per heavy atom. The predicted molar refractivity (Wildman–Crippen MR) is 77.0 cm³/mol. The molecule has 0 heterocycles. The van der Waals surface area contributed by atoms with Gasteiger partial charge in [-0.2, -0.15) is 5.26 Å². The summed E-state index contributed by atoms with van der Waals surface area (Å²) in [6, 6.07) is 7.85. The Hall–Kier alpha value is -0.750. The van der Waals surface area contributed by atoms with E-state index in [-0.39, 0.29) is 5.41 Å². The lowest BCUT2D eigenvalue weighted by Crippen LogP contribution is -2.23. The molecule has 0 atom stereocenters. The minimum Gasteiger partial charge on any atom is -0.316 e. The number of hydrogen-bond acceptors (Lipinski definition) is 2. The molecule has 0 bridgehead atoms. The maximum Gasteiger partial charge on any atom is 0.0684 e. The molecular formula is C14H18Cl2N2. The third-order valence-corrected chi connectivity index (χ3v) is 3.40. The van der Waals surface area contributed by atoms with E-state index in [2.05, 4.69) is 11.4 Å². The summed E-state index contributed by atoms with van der Waals surface area (Å²) in [7, 11) is 0.